The third-order valence-corrected chi connectivity index (χ3v) is 2.50. The number of hydrogen-bond donors (Lipinski definition) is 1. The Labute approximate surface area is 107 Å². The quantitative estimate of drug-likeness (QED) is 0.478. The van der Waals surface area contributed by atoms with Crippen molar-refractivity contribution in [3.63, 3.8) is 0 Å². The Morgan fingerprint density at radius 2 is 2.35 bits per heavy atom. The summed E-state index contributed by atoms with van der Waals surface area (Å²) in [7, 11) is 0. The molecule has 0 radical (unpaired) electrons. The average Bonchev–Trinajstić information content (AvgIpc) is 2.35. The van der Waals surface area contributed by atoms with E-state index in [9.17, 15) is 0 Å². The van der Waals surface area contributed by atoms with Gasteiger partial charge in [0.2, 0.25) is 5.88 Å². The maximum Gasteiger partial charge on any atom is 0.220 e. The summed E-state index contributed by atoms with van der Waals surface area (Å²) in [5, 5.41) is 3.88. The van der Waals surface area contributed by atoms with Crippen molar-refractivity contribution < 1.29 is 4.74 Å². The summed E-state index contributed by atoms with van der Waals surface area (Å²) in [6.07, 6.45) is 7.94. The van der Waals surface area contributed by atoms with Crippen LogP contribution in [0.3, 0.4) is 0 Å². The van der Waals surface area contributed by atoms with Gasteiger partial charge in [0.15, 0.2) is 11.3 Å². The summed E-state index contributed by atoms with van der Waals surface area (Å²) < 4.78 is 5.49. The molecule has 1 atom stereocenters. The Morgan fingerprint density at radius 3 is 2.94 bits per heavy atom. The van der Waals surface area contributed by atoms with E-state index in [4.69, 9.17) is 11.2 Å². The lowest BCUT2D eigenvalue weighted by Crippen LogP contribution is -2.11. The van der Waals surface area contributed by atoms with E-state index in [1.54, 1.807) is 13.0 Å². The first kappa shape index (κ1) is 13.7. The minimum absolute atomic E-state index is 0.293. The van der Waals surface area contributed by atoms with Crippen molar-refractivity contribution in [2.75, 3.05) is 18.1 Å². The highest BCUT2D eigenvalue weighted by Crippen LogP contribution is 2.19. The number of rotatable bonds is 6. The lowest BCUT2D eigenvalue weighted by atomic mass is 10.4. The first-order chi connectivity index (χ1) is 8.19. The zero-order valence-electron chi connectivity index (χ0n) is 10.4. The second-order valence-corrected chi connectivity index (χ2v) is 4.21. The number of aromatic nitrogens is 2. The Hall–Kier alpha value is -1.41. The van der Waals surface area contributed by atoms with Crippen molar-refractivity contribution in [1.82, 2.24) is 9.97 Å². The van der Waals surface area contributed by atoms with E-state index in [2.05, 4.69) is 28.1 Å². The highest BCUT2D eigenvalue weighted by atomic mass is 32.2. The molecule has 0 aromatic carbocycles. The first-order valence-corrected chi connectivity index (χ1v) is 6.71. The second-order valence-electron chi connectivity index (χ2n) is 3.43. The zero-order valence-corrected chi connectivity index (χ0v) is 11.2. The van der Waals surface area contributed by atoms with E-state index in [0.29, 0.717) is 11.0 Å². The van der Waals surface area contributed by atoms with Crippen molar-refractivity contribution in [2.45, 2.75) is 31.5 Å². The molecule has 0 aliphatic rings. The number of ether oxygens (including phenoxy) is 1. The minimum Gasteiger partial charge on any atom is -0.461 e. The first-order valence-electron chi connectivity index (χ1n) is 5.49. The zero-order chi connectivity index (χ0) is 12.7. The van der Waals surface area contributed by atoms with Crippen molar-refractivity contribution >= 4 is 17.6 Å². The smallest absolute Gasteiger partial charge is 0.220 e. The maximum atomic E-state index is 5.49. The summed E-state index contributed by atoms with van der Waals surface area (Å²) in [5.41, 5.74) is 0. The number of hydrogen-bond acceptors (Lipinski definition) is 5. The maximum absolute atomic E-state index is 5.49. The van der Waals surface area contributed by atoms with E-state index < -0.39 is 0 Å². The van der Waals surface area contributed by atoms with Crippen molar-refractivity contribution in [3.05, 3.63) is 6.07 Å². The van der Waals surface area contributed by atoms with Crippen LogP contribution in [0.1, 0.15) is 20.3 Å². The molecule has 1 rings (SSSR count). The molecular formula is C12H17N3OS. The fourth-order valence-electron chi connectivity index (χ4n) is 1.11. The molecule has 17 heavy (non-hydrogen) atoms. The number of thioether (sulfide) groups is 1. The van der Waals surface area contributed by atoms with Crippen LogP contribution in [0.25, 0.3) is 0 Å². The van der Waals surface area contributed by atoms with Crippen LogP contribution in [0.2, 0.25) is 0 Å². The van der Waals surface area contributed by atoms with Crippen molar-refractivity contribution in [3.8, 4) is 18.2 Å². The van der Waals surface area contributed by atoms with Crippen molar-refractivity contribution in [2.24, 2.45) is 0 Å². The fourth-order valence-corrected chi connectivity index (χ4v) is 1.49. The molecule has 0 amide bonds. The minimum atomic E-state index is -0.293. The molecular weight excluding hydrogens is 234 g/mol. The van der Waals surface area contributed by atoms with Crippen molar-refractivity contribution in [1.29, 1.82) is 0 Å². The number of nitrogens with one attached hydrogen (secondary N) is 1. The lowest BCUT2D eigenvalue weighted by molar-refractivity contribution is 0.265. The highest BCUT2D eigenvalue weighted by Gasteiger charge is 2.07. The standard InChI is InChI=1S/C12H17N3OS/c1-5-7-13-10-8-11(16-9(3)6-2)15-12(14-10)17-4/h2,8-9H,5,7H2,1,3-4H3,(H,13,14,15). The molecule has 0 bridgehead atoms. The summed E-state index contributed by atoms with van der Waals surface area (Å²) in [6, 6.07) is 1.77. The molecule has 0 aliphatic heterocycles. The molecule has 1 unspecified atom stereocenters. The van der Waals surface area contributed by atoms with Gasteiger partial charge < -0.3 is 10.1 Å². The Bertz CT molecular complexity index is 403. The van der Waals surface area contributed by atoms with Gasteiger partial charge >= 0.3 is 0 Å². The van der Waals surface area contributed by atoms with Crippen LogP contribution in [0, 0.1) is 12.3 Å². The SMILES string of the molecule is C#CC(C)Oc1cc(NCCC)nc(SC)n1. The van der Waals surface area contributed by atoms with Gasteiger partial charge in [0.05, 0.1) is 0 Å². The van der Waals surface area contributed by atoms with Crippen LogP contribution in [0.5, 0.6) is 5.88 Å². The molecule has 4 nitrogen and oxygen atoms in total. The summed E-state index contributed by atoms with van der Waals surface area (Å²) in [5.74, 6) is 3.78. The fraction of sp³-hybridized carbons (Fsp3) is 0.500. The van der Waals surface area contributed by atoms with Crippen LogP contribution < -0.4 is 10.1 Å². The molecule has 1 N–H and O–H groups in total. The van der Waals surface area contributed by atoms with E-state index in [1.165, 1.54) is 11.8 Å². The van der Waals surface area contributed by atoms with E-state index in [0.717, 1.165) is 18.8 Å². The van der Waals surface area contributed by atoms with Crippen LogP contribution in [-0.4, -0.2) is 28.9 Å². The largest absolute Gasteiger partial charge is 0.461 e. The molecule has 5 heteroatoms. The third-order valence-electron chi connectivity index (χ3n) is 1.95. The van der Waals surface area contributed by atoms with Crippen LogP contribution in [0.4, 0.5) is 5.82 Å². The van der Waals surface area contributed by atoms with Gasteiger partial charge in [0.1, 0.15) is 5.82 Å². The predicted molar refractivity (Wildman–Crippen MR) is 71.5 cm³/mol. The van der Waals surface area contributed by atoms with Gasteiger partial charge in [-0.1, -0.05) is 24.6 Å². The van der Waals surface area contributed by atoms with Gasteiger partial charge in [-0.25, -0.2) is 4.98 Å². The third kappa shape index (κ3) is 4.53. The van der Waals surface area contributed by atoms with E-state index >= 15 is 0 Å². The Morgan fingerprint density at radius 1 is 1.59 bits per heavy atom. The molecule has 0 saturated carbocycles. The topological polar surface area (TPSA) is 47.0 Å². The van der Waals surface area contributed by atoms with Gasteiger partial charge in [-0.15, -0.1) is 6.42 Å². The number of terminal acetylenes is 1. The summed E-state index contributed by atoms with van der Waals surface area (Å²) in [6.45, 7) is 4.77. The summed E-state index contributed by atoms with van der Waals surface area (Å²) >= 11 is 1.47. The van der Waals surface area contributed by atoms with Gasteiger partial charge in [-0.05, 0) is 19.6 Å². The monoisotopic (exact) mass is 251 g/mol. The van der Waals surface area contributed by atoms with E-state index in [1.807, 2.05) is 6.26 Å². The highest BCUT2D eigenvalue weighted by molar-refractivity contribution is 7.98. The molecule has 0 fully saturated rings. The lowest BCUT2D eigenvalue weighted by Gasteiger charge is -2.11. The molecule has 0 aliphatic carbocycles. The van der Waals surface area contributed by atoms with Gasteiger partial charge in [0, 0.05) is 12.6 Å². The number of nitrogens with zero attached hydrogens (tertiary/aromatic N) is 2. The van der Waals surface area contributed by atoms with Gasteiger partial charge in [-0.2, -0.15) is 4.98 Å². The molecule has 1 aromatic rings. The second kappa shape index (κ2) is 7.02. The van der Waals surface area contributed by atoms with E-state index in [-0.39, 0.29) is 6.10 Å². The van der Waals surface area contributed by atoms with Crippen LogP contribution in [-0.2, 0) is 0 Å². The Balaban J connectivity index is 2.85. The molecule has 0 spiro atoms. The van der Waals surface area contributed by atoms with Crippen LogP contribution in [0.15, 0.2) is 11.2 Å². The van der Waals surface area contributed by atoms with Gasteiger partial charge in [-0.3, -0.25) is 0 Å². The molecule has 92 valence electrons. The summed E-state index contributed by atoms with van der Waals surface area (Å²) in [4.78, 5) is 8.57. The average molecular weight is 251 g/mol. The molecule has 1 aromatic heterocycles. The van der Waals surface area contributed by atoms with Crippen LogP contribution >= 0.6 is 11.8 Å². The Kier molecular flexibility index (Phi) is 5.64. The van der Waals surface area contributed by atoms with Gasteiger partial charge in [0.25, 0.3) is 0 Å². The molecule has 0 saturated heterocycles. The predicted octanol–water partition coefficient (Wildman–Crippen LogP) is 2.42. The number of anilines is 1. The normalized spacial score (nSPS) is 11.6. The molecule has 1 heterocycles.